The van der Waals surface area contributed by atoms with Gasteiger partial charge in [-0.25, -0.2) is 9.13 Å². The molecule has 0 fully saturated rings. The molecular formula is C87H148O17P2. The highest BCUT2D eigenvalue weighted by Crippen LogP contribution is 2.45. The van der Waals surface area contributed by atoms with Crippen LogP contribution < -0.4 is 0 Å². The number of esters is 4. The van der Waals surface area contributed by atoms with Crippen LogP contribution in [0.3, 0.4) is 0 Å². The van der Waals surface area contributed by atoms with Crippen LogP contribution in [0, 0.1) is 0 Å². The minimum Gasteiger partial charge on any atom is -0.462 e. The number of phosphoric ester groups is 2. The van der Waals surface area contributed by atoms with E-state index >= 15 is 0 Å². The normalized spacial score (nSPS) is 14.5. The van der Waals surface area contributed by atoms with Gasteiger partial charge >= 0.3 is 39.5 Å². The summed E-state index contributed by atoms with van der Waals surface area (Å²) in [5, 5.41) is 10.7. The molecule has 0 bridgehead atoms. The zero-order valence-corrected chi connectivity index (χ0v) is 68.4. The monoisotopic (exact) mass is 1530 g/mol. The van der Waals surface area contributed by atoms with Gasteiger partial charge in [0.2, 0.25) is 0 Å². The van der Waals surface area contributed by atoms with Crippen LogP contribution in [0.25, 0.3) is 0 Å². The molecule has 19 heteroatoms. The van der Waals surface area contributed by atoms with E-state index in [1.165, 1.54) is 89.9 Å². The molecule has 608 valence electrons. The number of carbonyl (C=O) groups is 4. The van der Waals surface area contributed by atoms with Crippen LogP contribution in [-0.2, 0) is 65.4 Å². The third-order valence-electron chi connectivity index (χ3n) is 17.1. The number of hydrogen-bond donors (Lipinski definition) is 3. The van der Waals surface area contributed by atoms with Gasteiger partial charge in [-0.15, -0.1) is 0 Å². The van der Waals surface area contributed by atoms with E-state index in [9.17, 15) is 43.2 Å². The number of rotatable bonds is 77. The minimum atomic E-state index is -4.99. The lowest BCUT2D eigenvalue weighted by molar-refractivity contribution is -0.161. The zero-order chi connectivity index (χ0) is 77.4. The summed E-state index contributed by atoms with van der Waals surface area (Å²) < 4.78 is 68.7. The van der Waals surface area contributed by atoms with Gasteiger partial charge in [0.05, 0.1) is 26.4 Å². The first kappa shape index (κ1) is 101. The summed E-state index contributed by atoms with van der Waals surface area (Å²) in [6.07, 6.45) is 88.5. The fourth-order valence-electron chi connectivity index (χ4n) is 10.9. The lowest BCUT2D eigenvalue weighted by atomic mass is 10.0. The van der Waals surface area contributed by atoms with Gasteiger partial charge in [-0.2, -0.15) is 0 Å². The number of phosphoric acid groups is 2. The third-order valence-corrected chi connectivity index (χ3v) is 19.0. The molecule has 0 aliphatic carbocycles. The van der Waals surface area contributed by atoms with E-state index in [1.807, 2.05) is 0 Å². The minimum absolute atomic E-state index is 0.0749. The predicted molar refractivity (Wildman–Crippen MR) is 436 cm³/mol. The van der Waals surface area contributed by atoms with Gasteiger partial charge < -0.3 is 33.8 Å². The summed E-state index contributed by atoms with van der Waals surface area (Å²) in [5.74, 6) is -2.25. The number of unbranched alkanes of at least 4 members (excludes halogenated alkanes) is 29. The van der Waals surface area contributed by atoms with Gasteiger partial charge in [0.15, 0.2) is 12.2 Å². The number of ether oxygens (including phenoxy) is 4. The largest absolute Gasteiger partial charge is 0.472 e. The van der Waals surface area contributed by atoms with Gasteiger partial charge in [0.1, 0.15) is 19.3 Å². The lowest BCUT2D eigenvalue weighted by Gasteiger charge is -2.21. The van der Waals surface area contributed by atoms with Crippen molar-refractivity contribution < 1.29 is 80.2 Å². The fraction of sp³-hybridized carbons (Fsp3) is 0.701. The molecule has 106 heavy (non-hydrogen) atoms. The molecule has 0 aliphatic rings. The highest BCUT2D eigenvalue weighted by molar-refractivity contribution is 7.47. The van der Waals surface area contributed by atoms with Gasteiger partial charge in [-0.3, -0.25) is 37.3 Å². The number of carbonyl (C=O) groups excluding carboxylic acids is 4. The third kappa shape index (κ3) is 77.4. The van der Waals surface area contributed by atoms with Crippen molar-refractivity contribution >= 4 is 39.5 Å². The molecule has 17 nitrogen and oxygen atoms in total. The summed E-state index contributed by atoms with van der Waals surface area (Å²) >= 11 is 0. The van der Waals surface area contributed by atoms with E-state index < -0.39 is 97.5 Å². The Hall–Kier alpha value is -4.80. The van der Waals surface area contributed by atoms with Crippen LogP contribution in [0.5, 0.6) is 0 Å². The summed E-state index contributed by atoms with van der Waals surface area (Å²) in [6, 6.07) is 0. The van der Waals surface area contributed by atoms with E-state index in [1.54, 1.807) is 0 Å². The van der Waals surface area contributed by atoms with Crippen molar-refractivity contribution in [1.29, 1.82) is 0 Å². The maximum Gasteiger partial charge on any atom is 0.472 e. The zero-order valence-electron chi connectivity index (χ0n) is 66.6. The van der Waals surface area contributed by atoms with Gasteiger partial charge in [-0.05, 0) is 141 Å². The van der Waals surface area contributed by atoms with Gasteiger partial charge in [-0.1, -0.05) is 303 Å². The lowest BCUT2D eigenvalue weighted by Crippen LogP contribution is -2.30. The quantitative estimate of drug-likeness (QED) is 0.0169. The second kappa shape index (κ2) is 78.3. The van der Waals surface area contributed by atoms with Crippen LogP contribution in [0.4, 0.5) is 0 Å². The molecule has 0 rings (SSSR count). The fourth-order valence-corrected chi connectivity index (χ4v) is 12.4. The molecule has 0 aromatic heterocycles. The van der Waals surface area contributed by atoms with Crippen molar-refractivity contribution in [3.05, 3.63) is 134 Å². The van der Waals surface area contributed by atoms with E-state index in [4.69, 9.17) is 37.0 Å². The van der Waals surface area contributed by atoms with E-state index in [2.05, 4.69) is 161 Å². The van der Waals surface area contributed by atoms with Crippen molar-refractivity contribution in [2.45, 2.75) is 354 Å². The summed E-state index contributed by atoms with van der Waals surface area (Å²) in [7, 11) is -9.98. The SMILES string of the molecule is CC/C=C\C/C=C\C/C=C\C/C=C\C/C=C\CCCCCC(=O)OCC(COP(=O)(O)OCC(O)COP(=O)(O)OCC(COC(=O)CCCCC/C=C\C/C=C\C/C=C\C/C=C\C/C=C\CC)OC(=O)CCCCCCCCCCCCCCC)OC(=O)CCCCCCC/C=C\CCCCCCCC. The standard InChI is InChI=1S/C87H148O17P2/c1-5-9-13-17-21-25-29-33-36-38-40-42-45-48-51-55-59-63-67-71-84(89)97-77-82(103-86(91)73-69-65-61-57-53-47-32-28-24-20-16-12-8-4)79-101-105(93,94)99-75-81(88)76-100-106(95,96)102-80-83(104-87(92)74-70-66-62-58-54-50-44-35-31-27-23-19-15-11-7-3)78-98-85(90)72-68-64-60-56-52-49-46-43-41-39-37-34-30-26-22-18-14-10-6-2/h9-10,13-14,21-22,25-26,33-37,40-44,48-49,51-52,81-83,88H,5-8,11-12,15-20,23-24,27-32,38-39,45-47,50,53-80H2,1-4H3,(H,93,94)(H,95,96)/b13-9-,14-10-,25-21-,26-22-,36-33-,37-34-,42-40-,43-41-,44-35-,51-48-,52-49-. The Kier molecular flexibility index (Phi) is 74.8. The Labute approximate surface area is 644 Å². The molecule has 5 unspecified atom stereocenters. The number of aliphatic hydroxyl groups excluding tert-OH is 1. The Balaban J connectivity index is 5.41. The predicted octanol–water partition coefficient (Wildman–Crippen LogP) is 24.4. The first-order chi connectivity index (χ1) is 51.7. The van der Waals surface area contributed by atoms with E-state index in [0.717, 1.165) is 167 Å². The molecule has 0 radical (unpaired) electrons. The smallest absolute Gasteiger partial charge is 0.462 e. The molecule has 0 spiro atoms. The molecular weight excluding hydrogens is 1380 g/mol. The number of allylic oxidation sites excluding steroid dienone is 22. The average Bonchev–Trinajstić information content (AvgIpc) is 0.933. The van der Waals surface area contributed by atoms with Crippen LogP contribution in [-0.4, -0.2) is 96.7 Å². The molecule has 0 saturated heterocycles. The van der Waals surface area contributed by atoms with Crippen molar-refractivity contribution in [1.82, 2.24) is 0 Å². The van der Waals surface area contributed by atoms with Crippen molar-refractivity contribution in [3.63, 3.8) is 0 Å². The molecule has 0 aromatic carbocycles. The maximum atomic E-state index is 13.1. The van der Waals surface area contributed by atoms with Crippen LogP contribution in [0.2, 0.25) is 0 Å². The molecule has 3 N–H and O–H groups in total. The maximum absolute atomic E-state index is 13.1. The number of hydrogen-bond acceptors (Lipinski definition) is 15. The molecule has 0 heterocycles. The number of aliphatic hydroxyl groups is 1. The summed E-state index contributed by atoms with van der Waals surface area (Å²) in [5.41, 5.74) is 0. The molecule has 5 atom stereocenters. The van der Waals surface area contributed by atoms with Gasteiger partial charge in [0.25, 0.3) is 0 Å². The Morgan fingerprint density at radius 2 is 0.491 bits per heavy atom. The van der Waals surface area contributed by atoms with Crippen molar-refractivity contribution in [2.24, 2.45) is 0 Å². The highest BCUT2D eigenvalue weighted by Gasteiger charge is 2.30. The van der Waals surface area contributed by atoms with Crippen LogP contribution >= 0.6 is 15.6 Å². The summed E-state index contributed by atoms with van der Waals surface area (Å²) in [4.78, 5) is 73.1. The summed E-state index contributed by atoms with van der Waals surface area (Å²) in [6.45, 7) is 4.59. The Morgan fingerprint density at radius 3 is 0.774 bits per heavy atom. The first-order valence-corrected chi connectivity index (χ1v) is 44.4. The van der Waals surface area contributed by atoms with Crippen LogP contribution in [0.15, 0.2) is 134 Å². The van der Waals surface area contributed by atoms with Crippen molar-refractivity contribution in [2.75, 3.05) is 39.6 Å². The molecule has 0 amide bonds. The van der Waals surface area contributed by atoms with Crippen molar-refractivity contribution in [3.8, 4) is 0 Å². The van der Waals surface area contributed by atoms with Gasteiger partial charge in [0, 0.05) is 25.7 Å². The first-order valence-electron chi connectivity index (χ1n) is 41.4. The molecule has 0 saturated carbocycles. The Morgan fingerprint density at radius 1 is 0.274 bits per heavy atom. The van der Waals surface area contributed by atoms with E-state index in [0.29, 0.717) is 25.7 Å². The Bertz CT molecular complexity index is 2530. The topological polar surface area (TPSA) is 237 Å². The second-order valence-corrected chi connectivity index (χ2v) is 30.2. The second-order valence-electron chi connectivity index (χ2n) is 27.3. The average molecular weight is 1530 g/mol. The van der Waals surface area contributed by atoms with Crippen LogP contribution in [0.1, 0.15) is 336 Å². The molecule has 0 aliphatic heterocycles. The highest BCUT2D eigenvalue weighted by atomic mass is 31.2. The van der Waals surface area contributed by atoms with E-state index in [-0.39, 0.29) is 25.7 Å². The molecule has 0 aromatic rings.